The van der Waals surface area contributed by atoms with E-state index in [0.717, 1.165) is 15.6 Å². The molecular formula is C23H20BrClFN3OS. The maximum atomic E-state index is 13.3. The van der Waals surface area contributed by atoms with Crippen molar-refractivity contribution in [1.29, 1.82) is 0 Å². The third kappa shape index (κ3) is 6.82. The molecule has 3 aromatic rings. The minimum Gasteiger partial charge on any atom is -0.378 e. The average Bonchev–Trinajstić information content (AvgIpc) is 2.74. The molecule has 1 amide bonds. The zero-order chi connectivity index (χ0) is 22.4. The number of hydrogen-bond donors (Lipinski definition) is 2. The van der Waals surface area contributed by atoms with Crippen LogP contribution >= 0.6 is 39.3 Å². The summed E-state index contributed by atoms with van der Waals surface area (Å²) < 4.78 is 14.2. The fourth-order valence-corrected chi connectivity index (χ4v) is 4.05. The number of nitrogens with one attached hydrogen (secondary N) is 1. The van der Waals surface area contributed by atoms with Gasteiger partial charge in [-0.1, -0.05) is 69.1 Å². The summed E-state index contributed by atoms with van der Waals surface area (Å²) in [6.45, 7) is 2.46. The van der Waals surface area contributed by atoms with E-state index in [4.69, 9.17) is 17.3 Å². The van der Waals surface area contributed by atoms with Crippen molar-refractivity contribution >= 4 is 56.1 Å². The van der Waals surface area contributed by atoms with E-state index in [1.165, 1.54) is 35.5 Å². The van der Waals surface area contributed by atoms with E-state index in [-0.39, 0.29) is 16.1 Å². The fraction of sp³-hybridized carbons (Fsp3) is 0.130. The third-order valence-corrected chi connectivity index (χ3v) is 6.03. The van der Waals surface area contributed by atoms with Gasteiger partial charge in [0, 0.05) is 22.3 Å². The molecule has 0 aliphatic heterocycles. The van der Waals surface area contributed by atoms with Gasteiger partial charge in [0.2, 0.25) is 0 Å². The summed E-state index contributed by atoms with van der Waals surface area (Å²) in [5, 5.41) is 3.23. The maximum Gasteiger partial charge on any atom is 0.251 e. The van der Waals surface area contributed by atoms with E-state index in [1.54, 1.807) is 6.07 Å². The highest BCUT2D eigenvalue weighted by molar-refractivity contribution is 9.10. The summed E-state index contributed by atoms with van der Waals surface area (Å²) in [4.78, 5) is 17.0. The first-order valence-corrected chi connectivity index (χ1v) is 11.5. The number of aliphatic imine (C=N–C) groups is 1. The number of amidine groups is 1. The van der Waals surface area contributed by atoms with Crippen LogP contribution < -0.4 is 11.1 Å². The standard InChI is InChI=1S/C23H20BrClFN3OS/c1-14-2-4-15(5-3-14)12-28-22(30)19-8-6-17(24)10-16(19)13-31-23(27)29-18-7-9-21(26)20(25)11-18/h2-11H,12-13H2,1H3,(H2,27,29)(H,28,30). The van der Waals surface area contributed by atoms with Crippen LogP contribution in [0, 0.1) is 12.7 Å². The molecule has 0 bridgehead atoms. The van der Waals surface area contributed by atoms with Gasteiger partial charge in [0.15, 0.2) is 5.17 Å². The van der Waals surface area contributed by atoms with Crippen molar-refractivity contribution in [1.82, 2.24) is 5.32 Å². The monoisotopic (exact) mass is 519 g/mol. The van der Waals surface area contributed by atoms with Gasteiger partial charge in [-0.3, -0.25) is 4.79 Å². The lowest BCUT2D eigenvalue weighted by Crippen LogP contribution is -2.24. The molecule has 0 atom stereocenters. The van der Waals surface area contributed by atoms with E-state index < -0.39 is 5.82 Å². The van der Waals surface area contributed by atoms with Crippen LogP contribution in [0.1, 0.15) is 27.0 Å². The molecule has 160 valence electrons. The minimum absolute atomic E-state index is 0.0152. The number of nitrogens with zero attached hydrogens (tertiary/aromatic N) is 1. The highest BCUT2D eigenvalue weighted by Crippen LogP contribution is 2.25. The second kappa shape index (κ2) is 10.8. The number of rotatable bonds is 6. The van der Waals surface area contributed by atoms with Crippen LogP contribution in [0.5, 0.6) is 0 Å². The largest absolute Gasteiger partial charge is 0.378 e. The predicted molar refractivity (Wildman–Crippen MR) is 130 cm³/mol. The molecule has 3 rings (SSSR count). The molecule has 0 radical (unpaired) electrons. The highest BCUT2D eigenvalue weighted by Gasteiger charge is 2.13. The molecule has 4 nitrogen and oxygen atoms in total. The van der Waals surface area contributed by atoms with Crippen molar-refractivity contribution in [2.75, 3.05) is 0 Å². The SMILES string of the molecule is Cc1ccc(CNC(=O)c2ccc(Br)cc2CSC(N)=Nc2ccc(F)c(Cl)c2)cc1. The lowest BCUT2D eigenvalue weighted by Gasteiger charge is -2.11. The number of benzene rings is 3. The summed E-state index contributed by atoms with van der Waals surface area (Å²) in [6.07, 6.45) is 0. The number of thioether (sulfide) groups is 1. The van der Waals surface area contributed by atoms with E-state index in [1.807, 2.05) is 43.3 Å². The predicted octanol–water partition coefficient (Wildman–Crippen LogP) is 6.36. The molecule has 0 aliphatic carbocycles. The Hall–Kier alpha value is -2.35. The molecule has 8 heteroatoms. The van der Waals surface area contributed by atoms with Gasteiger partial charge in [0.05, 0.1) is 10.7 Å². The zero-order valence-corrected chi connectivity index (χ0v) is 19.8. The van der Waals surface area contributed by atoms with Crippen molar-refractivity contribution in [3.63, 3.8) is 0 Å². The van der Waals surface area contributed by atoms with Crippen LogP contribution in [0.3, 0.4) is 0 Å². The molecule has 0 saturated heterocycles. The third-order valence-electron chi connectivity index (χ3n) is 4.40. The van der Waals surface area contributed by atoms with Crippen molar-refractivity contribution in [3.05, 3.63) is 98.2 Å². The summed E-state index contributed by atoms with van der Waals surface area (Å²) in [7, 11) is 0. The first-order valence-electron chi connectivity index (χ1n) is 9.36. The van der Waals surface area contributed by atoms with Gasteiger partial charge < -0.3 is 11.1 Å². The number of carbonyl (C=O) groups excluding carboxylic acids is 1. The molecule has 0 unspecified atom stereocenters. The van der Waals surface area contributed by atoms with E-state index in [0.29, 0.717) is 23.5 Å². The molecule has 0 spiro atoms. The van der Waals surface area contributed by atoms with Crippen LogP contribution in [0.25, 0.3) is 0 Å². The topological polar surface area (TPSA) is 67.5 Å². The lowest BCUT2D eigenvalue weighted by molar-refractivity contribution is 0.0950. The summed E-state index contributed by atoms with van der Waals surface area (Å²) in [5.74, 6) is -0.233. The first-order chi connectivity index (χ1) is 14.8. The zero-order valence-electron chi connectivity index (χ0n) is 16.7. The van der Waals surface area contributed by atoms with Crippen LogP contribution in [-0.4, -0.2) is 11.1 Å². The van der Waals surface area contributed by atoms with Gasteiger partial charge in [-0.15, -0.1) is 0 Å². The molecule has 31 heavy (non-hydrogen) atoms. The molecule has 3 N–H and O–H groups in total. The Morgan fingerprint density at radius 2 is 1.90 bits per heavy atom. The first kappa shape index (κ1) is 23.3. The normalized spacial score (nSPS) is 11.4. The van der Waals surface area contributed by atoms with Crippen molar-refractivity contribution in [2.45, 2.75) is 19.2 Å². The summed E-state index contributed by atoms with van der Waals surface area (Å²) in [5.41, 5.74) is 10.1. The Bertz CT molecular complexity index is 1120. The van der Waals surface area contributed by atoms with Crippen molar-refractivity contribution in [3.8, 4) is 0 Å². The number of halogens is 3. The van der Waals surface area contributed by atoms with Gasteiger partial charge in [-0.05, 0) is 54.4 Å². The number of amides is 1. The fourth-order valence-electron chi connectivity index (χ4n) is 2.75. The lowest BCUT2D eigenvalue weighted by atomic mass is 10.1. The quantitative estimate of drug-likeness (QED) is 0.293. The Morgan fingerprint density at radius 3 is 2.61 bits per heavy atom. The number of aryl methyl sites for hydroxylation is 1. The van der Waals surface area contributed by atoms with Crippen LogP contribution in [0.15, 0.2) is 70.1 Å². The van der Waals surface area contributed by atoms with E-state index in [2.05, 4.69) is 26.2 Å². The van der Waals surface area contributed by atoms with Crippen LogP contribution in [-0.2, 0) is 12.3 Å². The molecule has 0 aliphatic rings. The molecule has 0 fully saturated rings. The molecule has 0 aromatic heterocycles. The second-order valence-electron chi connectivity index (χ2n) is 6.81. The van der Waals surface area contributed by atoms with E-state index in [9.17, 15) is 9.18 Å². The summed E-state index contributed by atoms with van der Waals surface area (Å²) in [6, 6.07) is 17.6. The van der Waals surface area contributed by atoms with Gasteiger partial charge in [-0.2, -0.15) is 0 Å². The van der Waals surface area contributed by atoms with Crippen LogP contribution in [0.2, 0.25) is 5.02 Å². The number of nitrogens with two attached hydrogens (primary N) is 1. The van der Waals surface area contributed by atoms with Gasteiger partial charge >= 0.3 is 0 Å². The van der Waals surface area contributed by atoms with Gasteiger partial charge in [0.25, 0.3) is 5.91 Å². The highest BCUT2D eigenvalue weighted by atomic mass is 79.9. The Balaban J connectivity index is 1.68. The van der Waals surface area contributed by atoms with Crippen molar-refractivity contribution in [2.24, 2.45) is 10.7 Å². The average molecular weight is 521 g/mol. The molecule has 3 aromatic carbocycles. The molecule has 0 saturated carbocycles. The molecule has 0 heterocycles. The van der Waals surface area contributed by atoms with Crippen molar-refractivity contribution < 1.29 is 9.18 Å². The number of hydrogen-bond acceptors (Lipinski definition) is 3. The smallest absolute Gasteiger partial charge is 0.251 e. The maximum absolute atomic E-state index is 13.3. The summed E-state index contributed by atoms with van der Waals surface area (Å²) >= 11 is 10.5. The van der Waals surface area contributed by atoms with Gasteiger partial charge in [0.1, 0.15) is 5.82 Å². The molecular weight excluding hydrogens is 501 g/mol. The second-order valence-corrected chi connectivity index (χ2v) is 9.13. The van der Waals surface area contributed by atoms with Crippen LogP contribution in [0.4, 0.5) is 10.1 Å². The minimum atomic E-state index is -0.512. The Labute approximate surface area is 198 Å². The van der Waals surface area contributed by atoms with Gasteiger partial charge in [-0.25, -0.2) is 9.38 Å². The Morgan fingerprint density at radius 1 is 1.16 bits per heavy atom. The Kier molecular flexibility index (Phi) is 8.12. The van der Waals surface area contributed by atoms with E-state index >= 15 is 0 Å². The number of carbonyl (C=O) groups is 1.